The number of hydrogen-bond acceptors (Lipinski definition) is 3. The highest BCUT2D eigenvalue weighted by Crippen LogP contribution is 2.18. The van der Waals surface area contributed by atoms with Crippen LogP contribution in [0.3, 0.4) is 0 Å². The lowest BCUT2D eigenvalue weighted by atomic mass is 10.1. The van der Waals surface area contributed by atoms with E-state index in [1.807, 2.05) is 48.5 Å². The molecule has 0 aromatic heterocycles. The van der Waals surface area contributed by atoms with Gasteiger partial charge in [-0.3, -0.25) is 4.79 Å². The molecule has 6 nitrogen and oxygen atoms in total. The smallest absolute Gasteiger partial charge is 0.319 e. The van der Waals surface area contributed by atoms with Gasteiger partial charge in [0.2, 0.25) is 0 Å². The summed E-state index contributed by atoms with van der Waals surface area (Å²) in [5.74, 6) is 0.514. The predicted octanol–water partition coefficient (Wildman–Crippen LogP) is 4.83. The Bertz CT molecular complexity index is 1000. The zero-order valence-electron chi connectivity index (χ0n) is 16.4. The highest BCUT2D eigenvalue weighted by molar-refractivity contribution is 6.05. The van der Waals surface area contributed by atoms with Crippen LogP contribution in [-0.2, 0) is 6.61 Å². The van der Waals surface area contributed by atoms with Crippen LogP contribution < -0.4 is 20.7 Å². The summed E-state index contributed by atoms with van der Waals surface area (Å²) >= 11 is 0. The number of anilines is 2. The van der Waals surface area contributed by atoms with Crippen molar-refractivity contribution in [1.82, 2.24) is 5.32 Å². The molecule has 0 heterocycles. The quantitative estimate of drug-likeness (QED) is 0.473. The summed E-state index contributed by atoms with van der Waals surface area (Å²) in [5.41, 5.74) is 2.57. The summed E-state index contributed by atoms with van der Waals surface area (Å²) in [6, 6.07) is 23.3. The van der Waals surface area contributed by atoms with Gasteiger partial charge in [0.15, 0.2) is 0 Å². The number of para-hydroxylation sites is 1. The maximum Gasteiger partial charge on any atom is 0.319 e. The van der Waals surface area contributed by atoms with Crippen LogP contribution in [0.1, 0.15) is 15.9 Å². The van der Waals surface area contributed by atoms with E-state index in [0.717, 1.165) is 11.3 Å². The molecule has 6 heteroatoms. The Balaban J connectivity index is 1.62. The number of carbonyl (C=O) groups excluding carboxylic acids is 2. The van der Waals surface area contributed by atoms with E-state index in [9.17, 15) is 9.59 Å². The molecule has 30 heavy (non-hydrogen) atoms. The maximum atomic E-state index is 12.8. The number of nitrogens with one attached hydrogen (secondary N) is 3. The predicted molar refractivity (Wildman–Crippen MR) is 119 cm³/mol. The normalized spacial score (nSPS) is 10.0. The van der Waals surface area contributed by atoms with Gasteiger partial charge in [0.05, 0.1) is 0 Å². The van der Waals surface area contributed by atoms with E-state index in [4.69, 9.17) is 4.74 Å². The number of ether oxygens (including phenoxy) is 1. The van der Waals surface area contributed by atoms with Crippen molar-refractivity contribution in [3.05, 3.63) is 103 Å². The van der Waals surface area contributed by atoms with Gasteiger partial charge in [-0.15, -0.1) is 6.58 Å². The van der Waals surface area contributed by atoms with E-state index in [0.29, 0.717) is 23.5 Å². The molecule has 0 saturated carbocycles. The van der Waals surface area contributed by atoms with Crippen molar-refractivity contribution in [1.29, 1.82) is 0 Å². The Morgan fingerprint density at radius 2 is 1.47 bits per heavy atom. The second kappa shape index (κ2) is 10.5. The molecule has 0 saturated heterocycles. The van der Waals surface area contributed by atoms with Crippen molar-refractivity contribution < 1.29 is 14.3 Å². The minimum absolute atomic E-state index is 0.230. The standard InChI is InChI=1S/C24H23N3O3/c1-2-16-25-24(29)27-20-14-12-19(13-15-20)26-23(28)22-11-7-6-8-18(22)17-30-21-9-4-3-5-10-21/h2-15H,1,16-17H2,(H,26,28)(H2,25,27,29). The Labute approximate surface area is 175 Å². The molecule has 3 amide bonds. The third-order valence-electron chi connectivity index (χ3n) is 4.21. The minimum atomic E-state index is -0.320. The largest absolute Gasteiger partial charge is 0.489 e. The van der Waals surface area contributed by atoms with Crippen LogP contribution in [0.15, 0.2) is 91.5 Å². The maximum absolute atomic E-state index is 12.8. The van der Waals surface area contributed by atoms with Gasteiger partial charge < -0.3 is 20.7 Å². The first-order chi connectivity index (χ1) is 14.7. The number of hydrogen-bond donors (Lipinski definition) is 3. The average Bonchev–Trinajstić information content (AvgIpc) is 2.78. The van der Waals surface area contributed by atoms with Crippen molar-refractivity contribution in [2.75, 3.05) is 17.2 Å². The van der Waals surface area contributed by atoms with Gasteiger partial charge in [-0.05, 0) is 42.5 Å². The number of urea groups is 1. The van der Waals surface area contributed by atoms with E-state index in [-0.39, 0.29) is 18.5 Å². The van der Waals surface area contributed by atoms with Gasteiger partial charge in [-0.2, -0.15) is 0 Å². The van der Waals surface area contributed by atoms with E-state index >= 15 is 0 Å². The fourth-order valence-corrected chi connectivity index (χ4v) is 2.72. The van der Waals surface area contributed by atoms with Crippen LogP contribution in [0.2, 0.25) is 0 Å². The van der Waals surface area contributed by atoms with Crippen molar-refractivity contribution in [2.45, 2.75) is 6.61 Å². The molecule has 0 atom stereocenters. The molecular weight excluding hydrogens is 378 g/mol. The summed E-state index contributed by atoms with van der Waals surface area (Å²) in [7, 11) is 0. The Hall–Kier alpha value is -4.06. The monoisotopic (exact) mass is 401 g/mol. The molecule has 0 fully saturated rings. The summed E-state index contributed by atoms with van der Waals surface area (Å²) in [5, 5.41) is 8.21. The van der Waals surface area contributed by atoms with Crippen molar-refractivity contribution in [2.24, 2.45) is 0 Å². The first-order valence-corrected chi connectivity index (χ1v) is 9.48. The SMILES string of the molecule is C=CCNC(=O)Nc1ccc(NC(=O)c2ccccc2COc2ccccc2)cc1. The molecule has 3 rings (SSSR count). The average molecular weight is 401 g/mol. The first-order valence-electron chi connectivity index (χ1n) is 9.48. The summed E-state index contributed by atoms with van der Waals surface area (Å²) in [6.07, 6.45) is 1.60. The van der Waals surface area contributed by atoms with Crippen LogP contribution in [0.5, 0.6) is 5.75 Å². The fraction of sp³-hybridized carbons (Fsp3) is 0.0833. The molecule has 0 radical (unpaired) electrons. The highest BCUT2D eigenvalue weighted by Gasteiger charge is 2.12. The Morgan fingerprint density at radius 3 is 2.17 bits per heavy atom. The zero-order chi connectivity index (χ0) is 21.2. The van der Waals surface area contributed by atoms with Gasteiger partial charge >= 0.3 is 6.03 Å². The topological polar surface area (TPSA) is 79.5 Å². The Kier molecular flexibility index (Phi) is 7.22. The first kappa shape index (κ1) is 20.7. The molecule has 0 aliphatic carbocycles. The fourth-order valence-electron chi connectivity index (χ4n) is 2.72. The highest BCUT2D eigenvalue weighted by atomic mass is 16.5. The molecular formula is C24H23N3O3. The third-order valence-corrected chi connectivity index (χ3v) is 4.21. The summed E-state index contributed by atoms with van der Waals surface area (Å²) < 4.78 is 5.78. The summed E-state index contributed by atoms with van der Waals surface area (Å²) in [4.78, 5) is 24.4. The van der Waals surface area contributed by atoms with E-state index in [2.05, 4.69) is 22.5 Å². The molecule has 3 N–H and O–H groups in total. The van der Waals surface area contributed by atoms with E-state index in [1.165, 1.54) is 0 Å². The third kappa shape index (κ3) is 5.97. The van der Waals surface area contributed by atoms with Gasteiger partial charge in [0.25, 0.3) is 5.91 Å². The number of amides is 3. The molecule has 3 aromatic rings. The van der Waals surface area contributed by atoms with Crippen molar-refractivity contribution in [3.8, 4) is 5.75 Å². The molecule has 0 aliphatic rings. The van der Waals surface area contributed by atoms with Crippen LogP contribution in [0.4, 0.5) is 16.2 Å². The second-order valence-electron chi connectivity index (χ2n) is 6.41. The number of carbonyl (C=O) groups is 2. The minimum Gasteiger partial charge on any atom is -0.489 e. The van der Waals surface area contributed by atoms with Crippen molar-refractivity contribution in [3.63, 3.8) is 0 Å². The molecule has 152 valence electrons. The molecule has 0 aliphatic heterocycles. The van der Waals surface area contributed by atoms with E-state index < -0.39 is 0 Å². The number of benzene rings is 3. The van der Waals surface area contributed by atoms with Crippen LogP contribution >= 0.6 is 0 Å². The van der Waals surface area contributed by atoms with Crippen LogP contribution in [-0.4, -0.2) is 18.5 Å². The van der Waals surface area contributed by atoms with Gasteiger partial charge in [-0.1, -0.05) is 42.5 Å². The second-order valence-corrected chi connectivity index (χ2v) is 6.41. The van der Waals surface area contributed by atoms with Gasteiger partial charge in [0.1, 0.15) is 12.4 Å². The van der Waals surface area contributed by atoms with E-state index in [1.54, 1.807) is 36.4 Å². The summed E-state index contributed by atoms with van der Waals surface area (Å²) in [6.45, 7) is 4.22. The molecule has 0 spiro atoms. The Morgan fingerprint density at radius 1 is 0.833 bits per heavy atom. The van der Waals surface area contributed by atoms with Crippen molar-refractivity contribution >= 4 is 23.3 Å². The van der Waals surface area contributed by atoms with Crippen LogP contribution in [0, 0.1) is 0 Å². The lowest BCUT2D eigenvalue weighted by molar-refractivity contribution is 0.102. The zero-order valence-corrected chi connectivity index (χ0v) is 16.4. The number of rotatable bonds is 8. The molecule has 0 unspecified atom stereocenters. The lowest BCUT2D eigenvalue weighted by Crippen LogP contribution is -2.28. The van der Waals surface area contributed by atoms with Gasteiger partial charge in [-0.25, -0.2) is 4.79 Å². The molecule has 0 bridgehead atoms. The lowest BCUT2D eigenvalue weighted by Gasteiger charge is -2.12. The van der Waals surface area contributed by atoms with Gasteiger partial charge in [0, 0.05) is 29.0 Å². The van der Waals surface area contributed by atoms with Crippen LogP contribution in [0.25, 0.3) is 0 Å². The molecule has 3 aromatic carbocycles.